The summed E-state index contributed by atoms with van der Waals surface area (Å²) in [5, 5.41) is 16.3. The zero-order chi connectivity index (χ0) is 26.6. The normalized spacial score (nSPS) is 10.8. The van der Waals surface area contributed by atoms with Crippen LogP contribution in [0.15, 0.2) is 84.2 Å². The summed E-state index contributed by atoms with van der Waals surface area (Å²) in [7, 11) is 0. The monoisotopic (exact) mass is 508 g/mol. The molecule has 0 aliphatic carbocycles. The van der Waals surface area contributed by atoms with Crippen LogP contribution in [0, 0.1) is 18.3 Å². The summed E-state index contributed by atoms with van der Waals surface area (Å²) >= 11 is 0. The van der Waals surface area contributed by atoms with Gasteiger partial charge in [0.05, 0.1) is 59.0 Å². The van der Waals surface area contributed by atoms with Crippen molar-refractivity contribution < 1.29 is 9.18 Å². The standard InChI is InChI=1S/C27H21FN8O2/c1-18-25(24-9-10-33-36(24)22-7-5-19(15-29)6-8-22)35(26(37)32-17-21-16-30-11-12-31-21)27(38)34(18)23-4-2-3-20(13-23)14-28/h2-13,16H,14,17H2,1H3,(H,32,37). The number of amides is 1. The molecule has 1 N–H and O–H groups in total. The average molecular weight is 509 g/mol. The highest BCUT2D eigenvalue weighted by Gasteiger charge is 2.26. The van der Waals surface area contributed by atoms with Gasteiger partial charge in [-0.15, -0.1) is 0 Å². The van der Waals surface area contributed by atoms with E-state index >= 15 is 0 Å². The van der Waals surface area contributed by atoms with E-state index in [1.54, 1.807) is 72.4 Å². The molecule has 3 heterocycles. The summed E-state index contributed by atoms with van der Waals surface area (Å²) in [6, 6.07) is 16.4. The van der Waals surface area contributed by atoms with Gasteiger partial charge in [-0.1, -0.05) is 12.1 Å². The van der Waals surface area contributed by atoms with Crippen molar-refractivity contribution in [3.63, 3.8) is 0 Å². The Labute approximate surface area is 216 Å². The predicted molar refractivity (Wildman–Crippen MR) is 137 cm³/mol. The molecule has 0 atom stereocenters. The fraction of sp³-hybridized carbons (Fsp3) is 0.111. The molecule has 0 radical (unpaired) electrons. The third-order valence-electron chi connectivity index (χ3n) is 5.97. The fourth-order valence-corrected chi connectivity index (χ4v) is 4.21. The Hall–Kier alpha value is -5.37. The van der Waals surface area contributed by atoms with Gasteiger partial charge in [-0.2, -0.15) is 10.4 Å². The van der Waals surface area contributed by atoms with Crippen molar-refractivity contribution in [2.75, 3.05) is 0 Å². The van der Waals surface area contributed by atoms with E-state index in [0.717, 1.165) is 4.57 Å². The number of nitrogens with zero attached hydrogens (tertiary/aromatic N) is 7. The lowest BCUT2D eigenvalue weighted by Gasteiger charge is -2.11. The summed E-state index contributed by atoms with van der Waals surface area (Å²) in [5.74, 6) is 0. The maximum atomic E-state index is 13.8. The highest BCUT2D eigenvalue weighted by atomic mass is 19.1. The third-order valence-corrected chi connectivity index (χ3v) is 5.97. The van der Waals surface area contributed by atoms with Crippen molar-refractivity contribution in [2.24, 2.45) is 0 Å². The molecule has 0 spiro atoms. The zero-order valence-electron chi connectivity index (χ0n) is 20.2. The van der Waals surface area contributed by atoms with Crippen molar-refractivity contribution in [3.8, 4) is 28.8 Å². The molecular weight excluding hydrogens is 487 g/mol. The minimum absolute atomic E-state index is 0.0506. The molecule has 2 aromatic carbocycles. The van der Waals surface area contributed by atoms with E-state index in [9.17, 15) is 14.0 Å². The van der Waals surface area contributed by atoms with Gasteiger partial charge >= 0.3 is 11.7 Å². The molecule has 0 saturated carbocycles. The predicted octanol–water partition coefficient (Wildman–Crippen LogP) is 3.69. The summed E-state index contributed by atoms with van der Waals surface area (Å²) in [4.78, 5) is 35.4. The smallest absolute Gasteiger partial charge is 0.332 e. The van der Waals surface area contributed by atoms with E-state index < -0.39 is 18.4 Å². The molecule has 11 heteroatoms. The minimum atomic E-state index is -0.695. The minimum Gasteiger partial charge on any atom is -0.332 e. The number of hydrogen-bond donors (Lipinski definition) is 1. The number of rotatable bonds is 6. The summed E-state index contributed by atoms with van der Waals surface area (Å²) in [6.45, 7) is 1.07. The van der Waals surface area contributed by atoms with Gasteiger partial charge in [0.15, 0.2) is 0 Å². The van der Waals surface area contributed by atoms with E-state index in [1.165, 1.54) is 23.2 Å². The number of hydrogen-bond acceptors (Lipinski definition) is 6. The van der Waals surface area contributed by atoms with Gasteiger partial charge in [0, 0.05) is 12.4 Å². The molecule has 0 bridgehead atoms. The average Bonchev–Trinajstić information content (AvgIpc) is 3.54. The maximum absolute atomic E-state index is 13.8. The quantitative estimate of drug-likeness (QED) is 0.373. The Morgan fingerprint density at radius 2 is 1.89 bits per heavy atom. The number of nitrogens with one attached hydrogen (secondary N) is 1. The maximum Gasteiger partial charge on any atom is 0.341 e. The Morgan fingerprint density at radius 1 is 1.08 bits per heavy atom. The highest BCUT2D eigenvalue weighted by Crippen LogP contribution is 2.27. The van der Waals surface area contributed by atoms with Crippen LogP contribution in [0.3, 0.4) is 0 Å². The van der Waals surface area contributed by atoms with Crippen LogP contribution in [0.1, 0.15) is 22.5 Å². The van der Waals surface area contributed by atoms with Gasteiger partial charge in [0.1, 0.15) is 12.4 Å². The molecule has 10 nitrogen and oxygen atoms in total. The number of carbonyl (C=O) groups is 1. The van der Waals surface area contributed by atoms with Crippen LogP contribution in [0.25, 0.3) is 22.8 Å². The molecule has 5 rings (SSSR count). The fourth-order valence-electron chi connectivity index (χ4n) is 4.21. The van der Waals surface area contributed by atoms with E-state index in [-0.39, 0.29) is 6.54 Å². The number of nitriles is 1. The summed E-state index contributed by atoms with van der Waals surface area (Å²) in [5.41, 5.74) is 3.07. The molecule has 0 unspecified atom stereocenters. The molecule has 0 aliphatic heterocycles. The number of imidazole rings is 1. The first kappa shape index (κ1) is 24.3. The van der Waals surface area contributed by atoms with E-state index in [1.807, 2.05) is 0 Å². The molecule has 3 aromatic heterocycles. The number of halogens is 1. The molecule has 5 aromatic rings. The molecule has 188 valence electrons. The lowest BCUT2D eigenvalue weighted by Crippen LogP contribution is -2.37. The third kappa shape index (κ3) is 4.46. The molecule has 1 amide bonds. The number of benzene rings is 2. The van der Waals surface area contributed by atoms with Crippen molar-refractivity contribution in [1.82, 2.24) is 34.2 Å². The molecule has 0 aliphatic rings. The number of aromatic nitrogens is 6. The van der Waals surface area contributed by atoms with Crippen LogP contribution in [0.5, 0.6) is 0 Å². The molecule has 0 saturated heterocycles. The summed E-state index contributed by atoms with van der Waals surface area (Å²) < 4.78 is 17.4. The number of carbonyl (C=O) groups excluding carboxylic acids is 1. The summed E-state index contributed by atoms with van der Waals surface area (Å²) in [6.07, 6.45) is 6.10. The Morgan fingerprint density at radius 3 is 2.61 bits per heavy atom. The molecule has 38 heavy (non-hydrogen) atoms. The van der Waals surface area contributed by atoms with Crippen LogP contribution < -0.4 is 11.0 Å². The topological polar surface area (TPSA) is 123 Å². The van der Waals surface area contributed by atoms with Gasteiger partial charge < -0.3 is 5.32 Å². The Bertz CT molecular complexity index is 1710. The first-order valence-corrected chi connectivity index (χ1v) is 11.6. The van der Waals surface area contributed by atoms with Crippen LogP contribution in [0.2, 0.25) is 0 Å². The van der Waals surface area contributed by atoms with Gasteiger partial charge in [-0.3, -0.25) is 14.5 Å². The molecule has 0 fully saturated rings. The van der Waals surface area contributed by atoms with Crippen molar-refractivity contribution in [1.29, 1.82) is 5.26 Å². The second-order valence-electron chi connectivity index (χ2n) is 8.33. The molecular formula is C27H21FN8O2. The SMILES string of the molecule is Cc1c(-c2ccnn2-c2ccc(C#N)cc2)n(C(=O)NCc2cnccn2)c(=O)n1-c1cccc(CF)c1. The van der Waals surface area contributed by atoms with E-state index in [4.69, 9.17) is 5.26 Å². The van der Waals surface area contributed by atoms with Crippen LogP contribution >= 0.6 is 0 Å². The lowest BCUT2D eigenvalue weighted by atomic mass is 10.2. The van der Waals surface area contributed by atoms with Gasteiger partial charge in [0.25, 0.3) is 0 Å². The largest absolute Gasteiger partial charge is 0.341 e. The Kier molecular flexibility index (Phi) is 6.61. The first-order valence-electron chi connectivity index (χ1n) is 11.6. The number of alkyl halides is 1. The van der Waals surface area contributed by atoms with Crippen molar-refractivity contribution in [2.45, 2.75) is 20.1 Å². The van der Waals surface area contributed by atoms with E-state index in [2.05, 4.69) is 26.5 Å². The lowest BCUT2D eigenvalue weighted by molar-refractivity contribution is 0.241. The van der Waals surface area contributed by atoms with Gasteiger partial charge in [-0.05, 0) is 55.0 Å². The second-order valence-corrected chi connectivity index (χ2v) is 8.33. The zero-order valence-corrected chi connectivity index (χ0v) is 20.2. The van der Waals surface area contributed by atoms with Crippen molar-refractivity contribution in [3.05, 3.63) is 112 Å². The highest BCUT2D eigenvalue weighted by molar-refractivity contribution is 5.83. The second kappa shape index (κ2) is 10.3. The van der Waals surface area contributed by atoms with Gasteiger partial charge in [-0.25, -0.2) is 23.2 Å². The van der Waals surface area contributed by atoms with Crippen LogP contribution in [-0.2, 0) is 13.2 Å². The van der Waals surface area contributed by atoms with E-state index in [0.29, 0.717) is 45.3 Å². The van der Waals surface area contributed by atoms with Crippen LogP contribution in [0.4, 0.5) is 9.18 Å². The van der Waals surface area contributed by atoms with Crippen molar-refractivity contribution >= 4 is 6.03 Å². The van der Waals surface area contributed by atoms with Crippen LogP contribution in [-0.4, -0.2) is 34.9 Å². The van der Waals surface area contributed by atoms with Gasteiger partial charge in [0.2, 0.25) is 0 Å². The Balaban J connectivity index is 1.67. The first-order chi connectivity index (χ1) is 18.5.